The maximum absolute atomic E-state index is 12.7. The Morgan fingerprint density at radius 3 is 2.43 bits per heavy atom. The van der Waals surface area contributed by atoms with Gasteiger partial charge in [0.1, 0.15) is 0 Å². The van der Waals surface area contributed by atoms with Gasteiger partial charge in [0.15, 0.2) is 10.4 Å². The SMILES string of the molecule is O=C(Nc1cccc(Cn2cccn2)c1)c1cccc(NC(=O)c2ccc(Br)o2)c1. The van der Waals surface area contributed by atoms with Gasteiger partial charge in [0, 0.05) is 29.3 Å². The normalized spacial score (nSPS) is 10.6. The number of anilines is 2. The van der Waals surface area contributed by atoms with Crippen molar-refractivity contribution in [3.63, 3.8) is 0 Å². The molecule has 2 aromatic heterocycles. The predicted molar refractivity (Wildman–Crippen MR) is 117 cm³/mol. The second kappa shape index (κ2) is 8.79. The van der Waals surface area contributed by atoms with Crippen LogP contribution in [-0.4, -0.2) is 21.6 Å². The number of amides is 2. The zero-order valence-electron chi connectivity index (χ0n) is 15.7. The third-order valence-corrected chi connectivity index (χ3v) is 4.69. The van der Waals surface area contributed by atoms with E-state index in [4.69, 9.17) is 4.42 Å². The lowest BCUT2D eigenvalue weighted by Crippen LogP contribution is -2.14. The van der Waals surface area contributed by atoms with Crippen molar-refractivity contribution in [2.45, 2.75) is 6.54 Å². The first-order chi connectivity index (χ1) is 14.6. The lowest BCUT2D eigenvalue weighted by atomic mass is 10.1. The zero-order valence-corrected chi connectivity index (χ0v) is 17.3. The van der Waals surface area contributed by atoms with Crippen molar-refractivity contribution in [3.05, 3.63) is 101 Å². The molecule has 0 unspecified atom stereocenters. The van der Waals surface area contributed by atoms with E-state index < -0.39 is 5.91 Å². The van der Waals surface area contributed by atoms with Crippen LogP contribution in [0.25, 0.3) is 0 Å². The molecule has 0 atom stereocenters. The van der Waals surface area contributed by atoms with E-state index in [9.17, 15) is 9.59 Å². The van der Waals surface area contributed by atoms with Gasteiger partial charge in [0.25, 0.3) is 11.8 Å². The molecule has 0 aliphatic heterocycles. The summed E-state index contributed by atoms with van der Waals surface area (Å²) in [5, 5.41) is 9.80. The Morgan fingerprint density at radius 1 is 0.933 bits per heavy atom. The van der Waals surface area contributed by atoms with Crippen LogP contribution in [0, 0.1) is 0 Å². The molecule has 0 saturated heterocycles. The van der Waals surface area contributed by atoms with E-state index in [2.05, 4.69) is 31.7 Å². The lowest BCUT2D eigenvalue weighted by Gasteiger charge is -2.09. The monoisotopic (exact) mass is 464 g/mol. The average Bonchev–Trinajstić information content (AvgIpc) is 3.40. The van der Waals surface area contributed by atoms with Crippen molar-refractivity contribution in [2.75, 3.05) is 10.6 Å². The Balaban J connectivity index is 1.44. The fraction of sp³-hybridized carbons (Fsp3) is 0.0455. The number of rotatable bonds is 6. The molecule has 2 N–H and O–H groups in total. The van der Waals surface area contributed by atoms with Crippen LogP contribution in [0.2, 0.25) is 0 Å². The summed E-state index contributed by atoms with van der Waals surface area (Å²) in [7, 11) is 0. The first-order valence-corrected chi connectivity index (χ1v) is 9.90. The smallest absolute Gasteiger partial charge is 0.291 e. The highest BCUT2D eigenvalue weighted by atomic mass is 79.9. The molecule has 0 fully saturated rings. The number of aromatic nitrogens is 2. The van der Waals surface area contributed by atoms with Crippen LogP contribution in [-0.2, 0) is 6.54 Å². The minimum absolute atomic E-state index is 0.172. The van der Waals surface area contributed by atoms with Gasteiger partial charge in [0.05, 0.1) is 6.54 Å². The zero-order chi connectivity index (χ0) is 20.9. The summed E-state index contributed by atoms with van der Waals surface area (Å²) in [6.45, 7) is 0.612. The predicted octanol–water partition coefficient (Wildman–Crippen LogP) is 4.79. The molecule has 0 aliphatic rings. The van der Waals surface area contributed by atoms with E-state index in [1.807, 2.05) is 41.2 Å². The molecule has 0 aliphatic carbocycles. The summed E-state index contributed by atoms with van der Waals surface area (Å²) < 4.78 is 7.52. The molecule has 4 rings (SSSR count). The molecule has 2 amide bonds. The summed E-state index contributed by atoms with van der Waals surface area (Å²) in [6.07, 6.45) is 3.61. The van der Waals surface area contributed by atoms with E-state index in [1.54, 1.807) is 42.6 Å². The number of hydrogen-bond donors (Lipinski definition) is 2. The van der Waals surface area contributed by atoms with Crippen LogP contribution in [0.3, 0.4) is 0 Å². The molecule has 4 aromatic rings. The molecule has 7 nitrogen and oxygen atoms in total. The molecule has 30 heavy (non-hydrogen) atoms. The van der Waals surface area contributed by atoms with Crippen molar-refractivity contribution in [2.24, 2.45) is 0 Å². The number of nitrogens with zero attached hydrogens (tertiary/aromatic N) is 2. The van der Waals surface area contributed by atoms with Gasteiger partial charge >= 0.3 is 0 Å². The van der Waals surface area contributed by atoms with Gasteiger partial charge in [-0.25, -0.2) is 0 Å². The highest BCUT2D eigenvalue weighted by molar-refractivity contribution is 9.10. The van der Waals surface area contributed by atoms with Crippen LogP contribution in [0.1, 0.15) is 26.5 Å². The number of benzene rings is 2. The second-order valence-corrected chi connectivity index (χ2v) is 7.28. The largest absolute Gasteiger partial charge is 0.444 e. The van der Waals surface area contributed by atoms with E-state index in [0.717, 1.165) is 5.56 Å². The van der Waals surface area contributed by atoms with Crippen molar-refractivity contribution in [1.29, 1.82) is 0 Å². The van der Waals surface area contributed by atoms with Crippen molar-refractivity contribution in [3.8, 4) is 0 Å². The molecule has 150 valence electrons. The minimum atomic E-state index is -0.399. The maximum atomic E-state index is 12.7. The number of furan rings is 1. The van der Waals surface area contributed by atoms with Gasteiger partial charge < -0.3 is 15.1 Å². The third kappa shape index (κ3) is 4.84. The summed E-state index contributed by atoms with van der Waals surface area (Å²) in [5.41, 5.74) is 2.61. The van der Waals surface area contributed by atoms with Crippen LogP contribution in [0.5, 0.6) is 0 Å². The lowest BCUT2D eigenvalue weighted by molar-refractivity contribution is 0.0992. The number of halogens is 1. The Morgan fingerprint density at radius 2 is 1.70 bits per heavy atom. The first-order valence-electron chi connectivity index (χ1n) is 9.11. The minimum Gasteiger partial charge on any atom is -0.444 e. The molecular formula is C22H17BrN4O3. The third-order valence-electron chi connectivity index (χ3n) is 4.27. The molecule has 0 bridgehead atoms. The van der Waals surface area contributed by atoms with Crippen molar-refractivity contribution in [1.82, 2.24) is 9.78 Å². The number of nitrogens with one attached hydrogen (secondary N) is 2. The van der Waals surface area contributed by atoms with E-state index in [-0.39, 0.29) is 11.7 Å². The van der Waals surface area contributed by atoms with Crippen molar-refractivity contribution >= 4 is 39.1 Å². The number of carbonyl (C=O) groups is 2. The fourth-order valence-corrected chi connectivity index (χ4v) is 3.21. The van der Waals surface area contributed by atoms with Gasteiger partial charge in [-0.05, 0) is 70.0 Å². The summed E-state index contributed by atoms with van der Waals surface area (Å²) in [6, 6.07) is 19.3. The molecule has 8 heteroatoms. The molecule has 0 saturated carbocycles. The summed E-state index contributed by atoms with van der Waals surface area (Å²) in [5.74, 6) is -0.501. The summed E-state index contributed by atoms with van der Waals surface area (Å²) >= 11 is 3.17. The van der Waals surface area contributed by atoms with Gasteiger partial charge in [-0.3, -0.25) is 14.3 Å². The Hall–Kier alpha value is -3.65. The van der Waals surface area contributed by atoms with Gasteiger partial charge in [-0.1, -0.05) is 18.2 Å². The first kappa shape index (κ1) is 19.7. The van der Waals surface area contributed by atoms with Gasteiger partial charge in [-0.2, -0.15) is 5.10 Å². The van der Waals surface area contributed by atoms with Crippen LogP contribution < -0.4 is 10.6 Å². The maximum Gasteiger partial charge on any atom is 0.291 e. The van der Waals surface area contributed by atoms with Gasteiger partial charge in [0.2, 0.25) is 0 Å². The standard InChI is InChI=1S/C22H17BrN4O3/c23-20-9-8-19(30-20)22(29)26-18-7-2-5-16(13-18)21(28)25-17-6-1-4-15(12-17)14-27-11-3-10-24-27/h1-13H,14H2,(H,25,28)(H,26,29). The van der Waals surface area contributed by atoms with Crippen molar-refractivity contribution < 1.29 is 14.0 Å². The van der Waals surface area contributed by atoms with Gasteiger partial charge in [-0.15, -0.1) is 0 Å². The van der Waals surface area contributed by atoms with E-state index in [0.29, 0.717) is 28.2 Å². The Kier molecular flexibility index (Phi) is 5.76. The van der Waals surface area contributed by atoms with Crippen LogP contribution in [0.4, 0.5) is 11.4 Å². The van der Waals surface area contributed by atoms with Crippen LogP contribution >= 0.6 is 15.9 Å². The Bertz CT molecular complexity index is 1180. The molecule has 0 radical (unpaired) electrons. The quantitative estimate of drug-likeness (QED) is 0.429. The summed E-state index contributed by atoms with van der Waals surface area (Å²) in [4.78, 5) is 24.9. The highest BCUT2D eigenvalue weighted by Crippen LogP contribution is 2.18. The number of carbonyl (C=O) groups excluding carboxylic acids is 2. The molecular weight excluding hydrogens is 448 g/mol. The number of hydrogen-bond acceptors (Lipinski definition) is 4. The Labute approximate surface area is 180 Å². The van der Waals surface area contributed by atoms with E-state index >= 15 is 0 Å². The fourth-order valence-electron chi connectivity index (χ4n) is 2.90. The topological polar surface area (TPSA) is 89.2 Å². The molecule has 2 aromatic carbocycles. The molecule has 2 heterocycles. The second-order valence-electron chi connectivity index (χ2n) is 6.50. The molecule has 0 spiro atoms. The average molecular weight is 465 g/mol. The van der Waals surface area contributed by atoms with Crippen LogP contribution in [0.15, 0.2) is 88.2 Å². The highest BCUT2D eigenvalue weighted by Gasteiger charge is 2.12. The van der Waals surface area contributed by atoms with E-state index in [1.165, 1.54) is 0 Å².